The molecule has 114 valence electrons. The van der Waals surface area contributed by atoms with Crippen molar-refractivity contribution in [1.82, 2.24) is 0 Å². The van der Waals surface area contributed by atoms with Gasteiger partial charge in [-0.25, -0.2) is 0 Å². The summed E-state index contributed by atoms with van der Waals surface area (Å²) in [5.41, 5.74) is 8.44. The van der Waals surface area contributed by atoms with Gasteiger partial charge in [0.2, 0.25) is 5.91 Å². The summed E-state index contributed by atoms with van der Waals surface area (Å²) in [6.07, 6.45) is 5.03. The number of carbonyl (C=O) groups is 2. The second-order valence-corrected chi connectivity index (χ2v) is 5.91. The van der Waals surface area contributed by atoms with Gasteiger partial charge in [-0.3, -0.25) is 9.59 Å². The van der Waals surface area contributed by atoms with Crippen molar-refractivity contribution < 1.29 is 9.59 Å². The van der Waals surface area contributed by atoms with Crippen LogP contribution in [-0.2, 0) is 11.2 Å². The number of ketones is 1. The van der Waals surface area contributed by atoms with E-state index in [1.54, 1.807) is 0 Å². The van der Waals surface area contributed by atoms with Crippen LogP contribution >= 0.6 is 12.4 Å². The van der Waals surface area contributed by atoms with Crippen LogP contribution in [0, 0.1) is 5.92 Å². The van der Waals surface area contributed by atoms with Crippen molar-refractivity contribution in [3.63, 3.8) is 0 Å². The van der Waals surface area contributed by atoms with Crippen LogP contribution in [0.25, 0.3) is 0 Å². The summed E-state index contributed by atoms with van der Waals surface area (Å²) in [4.78, 5) is 24.1. The number of carbonyl (C=O) groups excluding carboxylic acids is 2. The number of aryl methyl sites for hydroxylation is 1. The highest BCUT2D eigenvalue weighted by Gasteiger charge is 2.28. The summed E-state index contributed by atoms with van der Waals surface area (Å²) in [6, 6.07) is 5.83. The molecule has 0 bridgehead atoms. The van der Waals surface area contributed by atoms with Gasteiger partial charge in [0.1, 0.15) is 0 Å². The summed E-state index contributed by atoms with van der Waals surface area (Å²) in [5.74, 6) is 0.225. The van der Waals surface area contributed by atoms with Crippen molar-refractivity contribution in [1.29, 1.82) is 0 Å². The molecule has 2 atom stereocenters. The van der Waals surface area contributed by atoms with Crippen LogP contribution < -0.4 is 11.1 Å². The Balaban J connectivity index is 0.00000161. The number of anilines is 1. The predicted octanol–water partition coefficient (Wildman–Crippen LogP) is 2.69. The van der Waals surface area contributed by atoms with Crippen LogP contribution in [0.1, 0.15) is 48.0 Å². The molecule has 0 heterocycles. The molecule has 1 aromatic carbocycles. The van der Waals surface area contributed by atoms with Gasteiger partial charge in [-0.2, -0.15) is 0 Å². The van der Waals surface area contributed by atoms with Gasteiger partial charge in [-0.15, -0.1) is 12.4 Å². The molecule has 21 heavy (non-hydrogen) atoms. The second kappa shape index (κ2) is 6.58. The van der Waals surface area contributed by atoms with Gasteiger partial charge < -0.3 is 11.1 Å². The molecule has 0 spiro atoms. The lowest BCUT2D eigenvalue weighted by Crippen LogP contribution is -2.23. The highest BCUT2D eigenvalue weighted by Crippen LogP contribution is 2.27. The number of rotatable bonds is 2. The van der Waals surface area contributed by atoms with Crippen molar-refractivity contribution in [2.75, 3.05) is 5.32 Å². The molecule has 2 unspecified atom stereocenters. The first kappa shape index (κ1) is 16.0. The third-order valence-corrected chi connectivity index (χ3v) is 4.37. The van der Waals surface area contributed by atoms with Crippen LogP contribution in [0.3, 0.4) is 0 Å². The van der Waals surface area contributed by atoms with E-state index in [4.69, 9.17) is 5.73 Å². The molecule has 2 aliphatic rings. The van der Waals surface area contributed by atoms with Crippen molar-refractivity contribution in [3.05, 3.63) is 29.3 Å². The van der Waals surface area contributed by atoms with E-state index in [-0.39, 0.29) is 36.1 Å². The minimum Gasteiger partial charge on any atom is -0.328 e. The summed E-state index contributed by atoms with van der Waals surface area (Å²) < 4.78 is 0. The van der Waals surface area contributed by atoms with Gasteiger partial charge in [0.05, 0.1) is 0 Å². The SMILES string of the molecule is Cl.NC1CCC(C(=O)Nc2ccc3c(c2)C(=O)CCC3)C1. The van der Waals surface area contributed by atoms with E-state index in [2.05, 4.69) is 5.32 Å². The van der Waals surface area contributed by atoms with Gasteiger partial charge in [-0.05, 0) is 49.8 Å². The van der Waals surface area contributed by atoms with E-state index in [1.807, 2.05) is 18.2 Å². The number of fused-ring (bicyclic) bond motifs is 1. The first-order valence-corrected chi connectivity index (χ1v) is 7.36. The smallest absolute Gasteiger partial charge is 0.227 e. The van der Waals surface area contributed by atoms with Gasteiger partial charge in [0.15, 0.2) is 5.78 Å². The van der Waals surface area contributed by atoms with E-state index in [1.165, 1.54) is 0 Å². The van der Waals surface area contributed by atoms with E-state index >= 15 is 0 Å². The molecule has 1 aromatic rings. The highest BCUT2D eigenvalue weighted by molar-refractivity contribution is 6.00. The monoisotopic (exact) mass is 308 g/mol. The lowest BCUT2D eigenvalue weighted by Gasteiger charge is -2.17. The van der Waals surface area contributed by atoms with Crippen LogP contribution in [0.5, 0.6) is 0 Å². The molecule has 1 amide bonds. The topological polar surface area (TPSA) is 72.2 Å². The Kier molecular flexibility index (Phi) is 5.01. The zero-order chi connectivity index (χ0) is 14.1. The minimum absolute atomic E-state index is 0. The number of hydrogen-bond acceptors (Lipinski definition) is 3. The fourth-order valence-electron chi connectivity index (χ4n) is 3.20. The van der Waals surface area contributed by atoms with Gasteiger partial charge in [0.25, 0.3) is 0 Å². The van der Waals surface area contributed by atoms with E-state index in [0.717, 1.165) is 48.9 Å². The van der Waals surface area contributed by atoms with Crippen LogP contribution in [0.2, 0.25) is 0 Å². The van der Waals surface area contributed by atoms with Crippen molar-refractivity contribution in [2.45, 2.75) is 44.6 Å². The molecule has 3 N–H and O–H groups in total. The predicted molar refractivity (Wildman–Crippen MR) is 84.9 cm³/mol. The second-order valence-electron chi connectivity index (χ2n) is 5.91. The van der Waals surface area contributed by atoms with Gasteiger partial charge >= 0.3 is 0 Å². The number of hydrogen-bond donors (Lipinski definition) is 2. The van der Waals surface area contributed by atoms with Crippen molar-refractivity contribution in [3.8, 4) is 0 Å². The normalized spacial score (nSPS) is 24.1. The highest BCUT2D eigenvalue weighted by atomic mass is 35.5. The summed E-state index contributed by atoms with van der Waals surface area (Å²) in [7, 11) is 0. The molecule has 0 aromatic heterocycles. The third-order valence-electron chi connectivity index (χ3n) is 4.37. The molecule has 1 fully saturated rings. The molecule has 3 rings (SSSR count). The van der Waals surface area contributed by atoms with Gasteiger partial charge in [0, 0.05) is 29.6 Å². The Labute approximate surface area is 130 Å². The summed E-state index contributed by atoms with van der Waals surface area (Å²) in [6.45, 7) is 0. The maximum atomic E-state index is 12.2. The molecule has 0 radical (unpaired) electrons. The number of halogens is 1. The Morgan fingerprint density at radius 1 is 1.24 bits per heavy atom. The maximum Gasteiger partial charge on any atom is 0.227 e. The molecule has 1 saturated carbocycles. The maximum absolute atomic E-state index is 12.2. The van der Waals surface area contributed by atoms with E-state index in [0.29, 0.717) is 6.42 Å². The number of nitrogens with one attached hydrogen (secondary N) is 1. The molecule has 2 aliphatic carbocycles. The van der Waals surface area contributed by atoms with Crippen molar-refractivity contribution >= 4 is 29.8 Å². The lowest BCUT2D eigenvalue weighted by molar-refractivity contribution is -0.119. The summed E-state index contributed by atoms with van der Waals surface area (Å²) >= 11 is 0. The Morgan fingerprint density at radius 2 is 2.05 bits per heavy atom. The van der Waals surface area contributed by atoms with Crippen LogP contribution in [0.15, 0.2) is 18.2 Å². The molecular weight excluding hydrogens is 288 g/mol. The number of nitrogens with two attached hydrogens (primary N) is 1. The Morgan fingerprint density at radius 3 is 2.76 bits per heavy atom. The lowest BCUT2D eigenvalue weighted by atomic mass is 9.90. The fourth-order valence-corrected chi connectivity index (χ4v) is 3.20. The molecule has 5 heteroatoms. The zero-order valence-electron chi connectivity index (χ0n) is 11.9. The first-order chi connectivity index (χ1) is 9.63. The number of benzene rings is 1. The average Bonchev–Trinajstić information content (AvgIpc) is 2.86. The molecule has 0 aliphatic heterocycles. The molecular formula is C16H21ClN2O2. The fraction of sp³-hybridized carbons (Fsp3) is 0.500. The minimum atomic E-state index is 0. The third kappa shape index (κ3) is 3.44. The van der Waals surface area contributed by atoms with Gasteiger partial charge in [-0.1, -0.05) is 6.07 Å². The van der Waals surface area contributed by atoms with E-state index in [9.17, 15) is 9.59 Å². The molecule has 4 nitrogen and oxygen atoms in total. The zero-order valence-corrected chi connectivity index (χ0v) is 12.7. The quantitative estimate of drug-likeness (QED) is 0.882. The number of amides is 1. The number of Topliss-reactive ketones (excluding diaryl/α,β-unsaturated/α-hetero) is 1. The largest absolute Gasteiger partial charge is 0.328 e. The molecule has 0 saturated heterocycles. The average molecular weight is 309 g/mol. The Bertz CT molecular complexity index is 559. The Hall–Kier alpha value is -1.39. The van der Waals surface area contributed by atoms with Crippen LogP contribution in [0.4, 0.5) is 5.69 Å². The van der Waals surface area contributed by atoms with Crippen molar-refractivity contribution in [2.24, 2.45) is 11.7 Å². The first-order valence-electron chi connectivity index (χ1n) is 7.36. The van der Waals surface area contributed by atoms with Crippen LogP contribution in [-0.4, -0.2) is 17.7 Å². The standard InChI is InChI=1S/C16H20N2O2.ClH/c17-12-6-4-11(8-12)16(20)18-13-7-5-10-2-1-3-15(19)14(10)9-13;/h5,7,9,11-12H,1-4,6,8,17H2,(H,18,20);1H. The summed E-state index contributed by atoms with van der Waals surface area (Å²) in [5, 5.41) is 2.93. The van der Waals surface area contributed by atoms with E-state index < -0.39 is 0 Å².